The Morgan fingerprint density at radius 3 is 2.78 bits per heavy atom. The first-order chi connectivity index (χ1) is 8.52. The van der Waals surface area contributed by atoms with Gasteiger partial charge in [0.25, 0.3) is 5.69 Å². The number of ether oxygens (including phenoxy) is 2. The summed E-state index contributed by atoms with van der Waals surface area (Å²) in [5.41, 5.74) is -0.296. The maximum Gasteiger partial charge on any atom is 0.272 e. The SMILES string of the molecule is COC1C(Br)CC1Oc1ccc([N+](=O)[O-])cc1F. The monoisotopic (exact) mass is 319 g/mol. The first-order valence-electron chi connectivity index (χ1n) is 5.30. The molecular formula is C11H11BrFNO4. The van der Waals surface area contributed by atoms with Crippen molar-refractivity contribution in [2.24, 2.45) is 0 Å². The Labute approximate surface area is 111 Å². The van der Waals surface area contributed by atoms with E-state index in [1.54, 1.807) is 7.11 Å². The molecule has 1 aliphatic carbocycles. The molecule has 0 N–H and O–H groups in total. The summed E-state index contributed by atoms with van der Waals surface area (Å²) < 4.78 is 24.2. The molecule has 0 aliphatic heterocycles. The van der Waals surface area contributed by atoms with Crippen LogP contribution >= 0.6 is 15.9 Å². The molecule has 0 spiro atoms. The molecule has 1 aromatic rings. The summed E-state index contributed by atoms with van der Waals surface area (Å²) in [6, 6.07) is 3.33. The number of nitrogens with zero attached hydrogens (tertiary/aromatic N) is 1. The fourth-order valence-corrected chi connectivity index (χ4v) is 2.73. The van der Waals surface area contributed by atoms with Crippen LogP contribution in [0.2, 0.25) is 0 Å². The van der Waals surface area contributed by atoms with Crippen LogP contribution in [0, 0.1) is 15.9 Å². The standard InChI is InChI=1S/C11H11BrFNO4/c1-17-11-7(12)5-10(11)18-9-3-2-6(14(15)16)4-8(9)13/h2-4,7,10-11H,5H2,1H3. The van der Waals surface area contributed by atoms with Gasteiger partial charge in [0.15, 0.2) is 11.6 Å². The number of nitro benzene ring substituents is 1. The molecule has 0 heterocycles. The Balaban J connectivity index is 2.09. The predicted octanol–water partition coefficient (Wildman–Crippen LogP) is 2.66. The number of nitro groups is 1. The van der Waals surface area contributed by atoms with Gasteiger partial charge in [0.2, 0.25) is 0 Å². The second-order valence-corrected chi connectivity index (χ2v) is 5.16. The summed E-state index contributed by atoms with van der Waals surface area (Å²) >= 11 is 3.40. The second kappa shape index (κ2) is 5.19. The maximum absolute atomic E-state index is 13.6. The Morgan fingerprint density at radius 2 is 2.28 bits per heavy atom. The van der Waals surface area contributed by atoms with Crippen molar-refractivity contribution >= 4 is 21.6 Å². The number of rotatable bonds is 4. The first-order valence-corrected chi connectivity index (χ1v) is 6.22. The van der Waals surface area contributed by atoms with E-state index in [2.05, 4.69) is 15.9 Å². The molecule has 0 bridgehead atoms. The lowest BCUT2D eigenvalue weighted by molar-refractivity contribution is -0.385. The molecule has 0 amide bonds. The Bertz CT molecular complexity index is 470. The lowest BCUT2D eigenvalue weighted by Gasteiger charge is -2.40. The van der Waals surface area contributed by atoms with Gasteiger partial charge in [-0.1, -0.05) is 15.9 Å². The van der Waals surface area contributed by atoms with Gasteiger partial charge >= 0.3 is 0 Å². The fourth-order valence-electron chi connectivity index (χ4n) is 1.80. The smallest absolute Gasteiger partial charge is 0.272 e. The highest BCUT2D eigenvalue weighted by Gasteiger charge is 2.42. The third kappa shape index (κ3) is 2.46. The summed E-state index contributed by atoms with van der Waals surface area (Å²) in [5.74, 6) is -0.732. The minimum atomic E-state index is -0.739. The Kier molecular flexibility index (Phi) is 3.82. The third-order valence-electron chi connectivity index (χ3n) is 2.86. The fraction of sp³-hybridized carbons (Fsp3) is 0.455. The summed E-state index contributed by atoms with van der Waals surface area (Å²) in [6.45, 7) is 0. The topological polar surface area (TPSA) is 61.6 Å². The van der Waals surface area contributed by atoms with Gasteiger partial charge in [0.05, 0.1) is 11.0 Å². The second-order valence-electron chi connectivity index (χ2n) is 3.98. The van der Waals surface area contributed by atoms with Crippen LogP contribution < -0.4 is 4.74 Å². The largest absolute Gasteiger partial charge is 0.485 e. The van der Waals surface area contributed by atoms with Crippen LogP contribution in [-0.2, 0) is 4.74 Å². The van der Waals surface area contributed by atoms with Crippen molar-refractivity contribution < 1.29 is 18.8 Å². The minimum Gasteiger partial charge on any atom is -0.485 e. The van der Waals surface area contributed by atoms with Crippen LogP contribution in [0.1, 0.15) is 6.42 Å². The van der Waals surface area contributed by atoms with E-state index >= 15 is 0 Å². The number of methoxy groups -OCH3 is 1. The number of non-ortho nitro benzene ring substituents is 1. The minimum absolute atomic E-state index is 0.00653. The molecule has 0 radical (unpaired) electrons. The number of hydrogen-bond acceptors (Lipinski definition) is 4. The van der Waals surface area contributed by atoms with Gasteiger partial charge in [-0.3, -0.25) is 10.1 Å². The molecule has 1 fully saturated rings. The molecule has 3 atom stereocenters. The highest BCUT2D eigenvalue weighted by atomic mass is 79.9. The van der Waals surface area contributed by atoms with Crippen LogP contribution in [-0.4, -0.2) is 29.1 Å². The van der Waals surface area contributed by atoms with Crippen molar-refractivity contribution in [1.29, 1.82) is 0 Å². The molecular weight excluding hydrogens is 309 g/mol. The molecule has 3 unspecified atom stereocenters. The van der Waals surface area contributed by atoms with Crippen LogP contribution in [0.4, 0.5) is 10.1 Å². The van der Waals surface area contributed by atoms with Gasteiger partial charge in [-0.2, -0.15) is 0 Å². The zero-order valence-corrected chi connectivity index (χ0v) is 11.1. The van der Waals surface area contributed by atoms with Crippen molar-refractivity contribution in [3.63, 3.8) is 0 Å². The third-order valence-corrected chi connectivity index (χ3v) is 3.75. The van der Waals surface area contributed by atoms with Gasteiger partial charge in [0, 0.05) is 24.4 Å². The van der Waals surface area contributed by atoms with Crippen LogP contribution in [0.3, 0.4) is 0 Å². The highest BCUT2D eigenvalue weighted by Crippen LogP contribution is 2.35. The Morgan fingerprint density at radius 1 is 1.56 bits per heavy atom. The highest BCUT2D eigenvalue weighted by molar-refractivity contribution is 9.09. The molecule has 1 saturated carbocycles. The normalized spacial score (nSPS) is 26.5. The molecule has 0 aromatic heterocycles. The molecule has 0 saturated heterocycles. The molecule has 7 heteroatoms. The van der Waals surface area contributed by atoms with Crippen LogP contribution in [0.5, 0.6) is 5.75 Å². The van der Waals surface area contributed by atoms with E-state index in [0.717, 1.165) is 6.07 Å². The van der Waals surface area contributed by atoms with Gasteiger partial charge in [-0.25, -0.2) is 4.39 Å². The van der Waals surface area contributed by atoms with E-state index in [0.29, 0.717) is 6.42 Å². The zero-order chi connectivity index (χ0) is 13.3. The van der Waals surface area contributed by atoms with Gasteiger partial charge in [-0.15, -0.1) is 0 Å². The van der Waals surface area contributed by atoms with E-state index in [1.165, 1.54) is 12.1 Å². The number of benzene rings is 1. The van der Waals surface area contributed by atoms with E-state index < -0.39 is 10.7 Å². The van der Waals surface area contributed by atoms with E-state index in [4.69, 9.17) is 9.47 Å². The molecule has 18 heavy (non-hydrogen) atoms. The molecule has 1 aromatic carbocycles. The van der Waals surface area contributed by atoms with Crippen molar-refractivity contribution in [2.75, 3.05) is 7.11 Å². The first kappa shape index (κ1) is 13.2. The van der Waals surface area contributed by atoms with E-state index in [1.807, 2.05) is 0 Å². The molecule has 2 rings (SSSR count). The predicted molar refractivity (Wildman–Crippen MR) is 65.6 cm³/mol. The zero-order valence-electron chi connectivity index (χ0n) is 9.51. The lowest BCUT2D eigenvalue weighted by Crippen LogP contribution is -2.51. The van der Waals surface area contributed by atoms with E-state index in [-0.39, 0.29) is 28.5 Å². The summed E-state index contributed by atoms with van der Waals surface area (Å²) in [4.78, 5) is 10.0. The van der Waals surface area contributed by atoms with Crippen molar-refractivity contribution in [3.8, 4) is 5.75 Å². The number of alkyl halides is 1. The number of hydrogen-bond donors (Lipinski definition) is 0. The average Bonchev–Trinajstić information content (AvgIpc) is 2.30. The van der Waals surface area contributed by atoms with E-state index in [9.17, 15) is 14.5 Å². The molecule has 1 aliphatic rings. The van der Waals surface area contributed by atoms with Crippen LogP contribution in [0.25, 0.3) is 0 Å². The number of halogens is 2. The molecule has 5 nitrogen and oxygen atoms in total. The quantitative estimate of drug-likeness (QED) is 0.486. The van der Waals surface area contributed by atoms with Crippen molar-refractivity contribution in [1.82, 2.24) is 0 Å². The van der Waals surface area contributed by atoms with Gasteiger partial charge in [-0.05, 0) is 6.07 Å². The van der Waals surface area contributed by atoms with Gasteiger partial charge < -0.3 is 9.47 Å². The average molecular weight is 320 g/mol. The maximum atomic E-state index is 13.6. The van der Waals surface area contributed by atoms with Gasteiger partial charge in [0.1, 0.15) is 12.2 Å². The summed E-state index contributed by atoms with van der Waals surface area (Å²) in [7, 11) is 1.56. The Hall–Kier alpha value is -1.21. The molecule has 98 valence electrons. The lowest BCUT2D eigenvalue weighted by atomic mass is 9.91. The summed E-state index contributed by atoms with van der Waals surface area (Å²) in [5, 5.41) is 10.5. The summed E-state index contributed by atoms with van der Waals surface area (Å²) in [6.07, 6.45) is 0.324. The van der Waals surface area contributed by atoms with Crippen molar-refractivity contribution in [3.05, 3.63) is 34.1 Å². The van der Waals surface area contributed by atoms with Crippen LogP contribution in [0.15, 0.2) is 18.2 Å². The van der Waals surface area contributed by atoms with Crippen molar-refractivity contribution in [2.45, 2.75) is 23.5 Å².